The standard InChI is InChI=1S/C17H30N4O8/c1-17(15(26)27,11-12(14(24)25)10-13(22)23)21-7-5-19-3-2-18-4-6-20(8-9-21)16(28)29/h12,18-19H,2-11H2,1H3,(H,22,23)(H,24,25)(H,26,27)(H,28,29). The van der Waals surface area contributed by atoms with Gasteiger partial charge in [-0.25, -0.2) is 4.79 Å². The first-order valence-electron chi connectivity index (χ1n) is 9.40. The minimum atomic E-state index is -1.67. The Hall–Kier alpha value is -2.44. The van der Waals surface area contributed by atoms with E-state index in [0.717, 1.165) is 0 Å². The number of hydrogen-bond donors (Lipinski definition) is 6. The lowest BCUT2D eigenvalue weighted by atomic mass is 9.85. The molecule has 1 rings (SSSR count). The first-order chi connectivity index (χ1) is 13.6. The summed E-state index contributed by atoms with van der Waals surface area (Å²) in [4.78, 5) is 48.8. The highest BCUT2D eigenvalue weighted by molar-refractivity contribution is 5.82. The number of carbonyl (C=O) groups is 4. The summed E-state index contributed by atoms with van der Waals surface area (Å²) in [6.07, 6.45) is -2.25. The molecule has 29 heavy (non-hydrogen) atoms. The molecule has 1 heterocycles. The zero-order valence-electron chi connectivity index (χ0n) is 16.5. The van der Waals surface area contributed by atoms with Crippen molar-refractivity contribution in [2.24, 2.45) is 5.92 Å². The molecule has 2 atom stereocenters. The number of aliphatic carboxylic acids is 3. The van der Waals surface area contributed by atoms with Crippen LogP contribution in [0.3, 0.4) is 0 Å². The maximum atomic E-state index is 12.1. The summed E-state index contributed by atoms with van der Waals surface area (Å²) in [7, 11) is 0. The molecule has 0 radical (unpaired) electrons. The van der Waals surface area contributed by atoms with Crippen LogP contribution in [-0.2, 0) is 14.4 Å². The maximum absolute atomic E-state index is 12.1. The summed E-state index contributed by atoms with van der Waals surface area (Å²) >= 11 is 0. The van der Waals surface area contributed by atoms with Crippen LogP contribution in [0.5, 0.6) is 0 Å². The number of nitrogens with one attached hydrogen (secondary N) is 2. The van der Waals surface area contributed by atoms with E-state index in [9.17, 15) is 34.5 Å². The highest BCUT2D eigenvalue weighted by Gasteiger charge is 2.43. The SMILES string of the molecule is CC(CC(CC(=O)O)C(=O)O)(C(=O)O)N1CCNCCNCCN(C(=O)O)CC1. The fourth-order valence-electron chi connectivity index (χ4n) is 3.29. The van der Waals surface area contributed by atoms with E-state index in [4.69, 9.17) is 5.11 Å². The molecule has 12 nitrogen and oxygen atoms in total. The Morgan fingerprint density at radius 2 is 1.48 bits per heavy atom. The monoisotopic (exact) mass is 418 g/mol. The molecule has 6 N–H and O–H groups in total. The Labute approximate surface area is 168 Å². The molecule has 0 saturated carbocycles. The first-order valence-corrected chi connectivity index (χ1v) is 9.40. The second kappa shape index (κ2) is 11.5. The normalized spacial score (nSPS) is 20.5. The van der Waals surface area contributed by atoms with Crippen molar-refractivity contribution in [2.75, 3.05) is 52.4 Å². The van der Waals surface area contributed by atoms with Crippen LogP contribution in [0.15, 0.2) is 0 Å². The summed E-state index contributed by atoms with van der Waals surface area (Å²) < 4.78 is 0. The molecule has 1 fully saturated rings. The Morgan fingerprint density at radius 3 is 1.97 bits per heavy atom. The van der Waals surface area contributed by atoms with Gasteiger partial charge in [0.25, 0.3) is 0 Å². The highest BCUT2D eigenvalue weighted by atomic mass is 16.4. The van der Waals surface area contributed by atoms with Gasteiger partial charge in [0.2, 0.25) is 0 Å². The van der Waals surface area contributed by atoms with Gasteiger partial charge < -0.3 is 36.0 Å². The number of carboxylic acid groups (broad SMARTS) is 4. The van der Waals surface area contributed by atoms with Crippen LogP contribution in [0, 0.1) is 5.92 Å². The van der Waals surface area contributed by atoms with Crippen LogP contribution < -0.4 is 10.6 Å². The molecular formula is C17H30N4O8. The second-order valence-electron chi connectivity index (χ2n) is 7.17. The Balaban J connectivity index is 3.09. The molecule has 12 heteroatoms. The quantitative estimate of drug-likeness (QED) is 0.294. The van der Waals surface area contributed by atoms with Crippen molar-refractivity contribution < 1.29 is 39.6 Å². The molecule has 1 amide bonds. The third-order valence-electron chi connectivity index (χ3n) is 5.08. The lowest BCUT2D eigenvalue weighted by molar-refractivity contribution is -0.157. The van der Waals surface area contributed by atoms with Crippen LogP contribution >= 0.6 is 0 Å². The van der Waals surface area contributed by atoms with Gasteiger partial charge in [-0.15, -0.1) is 0 Å². The van der Waals surface area contributed by atoms with Crippen LogP contribution in [0.2, 0.25) is 0 Å². The van der Waals surface area contributed by atoms with Gasteiger partial charge in [-0.05, 0) is 13.3 Å². The van der Waals surface area contributed by atoms with Gasteiger partial charge in [0, 0.05) is 52.4 Å². The molecule has 1 aliphatic rings. The molecule has 0 spiro atoms. The smallest absolute Gasteiger partial charge is 0.407 e. The number of amides is 1. The topological polar surface area (TPSA) is 180 Å². The van der Waals surface area contributed by atoms with Gasteiger partial charge in [0.05, 0.1) is 12.3 Å². The van der Waals surface area contributed by atoms with Crippen molar-refractivity contribution in [1.82, 2.24) is 20.4 Å². The summed E-state index contributed by atoms with van der Waals surface area (Å²) in [5, 5.41) is 43.8. The average Bonchev–Trinajstić information content (AvgIpc) is 2.60. The van der Waals surface area contributed by atoms with E-state index in [0.29, 0.717) is 26.2 Å². The first kappa shape index (κ1) is 24.6. The van der Waals surface area contributed by atoms with E-state index < -0.39 is 48.3 Å². The number of hydrogen-bond acceptors (Lipinski definition) is 7. The molecule has 1 saturated heterocycles. The zero-order chi connectivity index (χ0) is 22.0. The lowest BCUT2D eigenvalue weighted by Crippen LogP contribution is -2.58. The van der Waals surface area contributed by atoms with Gasteiger partial charge in [0.1, 0.15) is 5.54 Å². The molecule has 0 aliphatic carbocycles. The van der Waals surface area contributed by atoms with Crippen molar-refractivity contribution in [3.63, 3.8) is 0 Å². The van der Waals surface area contributed by atoms with Gasteiger partial charge in [-0.1, -0.05) is 0 Å². The second-order valence-corrected chi connectivity index (χ2v) is 7.17. The molecule has 2 unspecified atom stereocenters. The molecule has 0 bridgehead atoms. The van der Waals surface area contributed by atoms with E-state index in [1.165, 1.54) is 16.7 Å². The van der Waals surface area contributed by atoms with Crippen molar-refractivity contribution >= 4 is 24.0 Å². The predicted octanol–water partition coefficient (Wildman–Crippen LogP) is -1.13. The van der Waals surface area contributed by atoms with E-state index in [1.807, 2.05) is 0 Å². The molecule has 0 aromatic carbocycles. The van der Waals surface area contributed by atoms with Crippen molar-refractivity contribution in [2.45, 2.75) is 25.3 Å². The van der Waals surface area contributed by atoms with Crippen molar-refractivity contribution in [3.8, 4) is 0 Å². The number of rotatable bonds is 7. The van der Waals surface area contributed by atoms with Crippen LogP contribution in [0.4, 0.5) is 4.79 Å². The molecular weight excluding hydrogens is 388 g/mol. The molecule has 166 valence electrons. The molecule has 0 aromatic heterocycles. The van der Waals surface area contributed by atoms with Crippen molar-refractivity contribution in [1.29, 1.82) is 0 Å². The van der Waals surface area contributed by atoms with Crippen LogP contribution in [0.1, 0.15) is 19.8 Å². The van der Waals surface area contributed by atoms with E-state index in [2.05, 4.69) is 10.6 Å². The largest absolute Gasteiger partial charge is 0.481 e. The van der Waals surface area contributed by atoms with Gasteiger partial charge in [-0.3, -0.25) is 19.3 Å². The van der Waals surface area contributed by atoms with Gasteiger partial charge >= 0.3 is 24.0 Å². The summed E-state index contributed by atoms with van der Waals surface area (Å²) in [6.45, 7) is 3.99. The molecule has 1 aliphatic heterocycles. The summed E-state index contributed by atoms with van der Waals surface area (Å²) in [6, 6.07) is 0. The minimum Gasteiger partial charge on any atom is -0.481 e. The van der Waals surface area contributed by atoms with Gasteiger partial charge in [0.15, 0.2) is 0 Å². The fourth-order valence-corrected chi connectivity index (χ4v) is 3.29. The van der Waals surface area contributed by atoms with Gasteiger partial charge in [-0.2, -0.15) is 0 Å². The third kappa shape index (κ3) is 7.83. The molecule has 0 aromatic rings. The summed E-state index contributed by atoms with van der Waals surface area (Å²) in [5.74, 6) is -5.39. The van der Waals surface area contributed by atoms with Crippen molar-refractivity contribution in [3.05, 3.63) is 0 Å². The number of nitrogens with zero attached hydrogens (tertiary/aromatic N) is 2. The third-order valence-corrected chi connectivity index (χ3v) is 5.08. The fraction of sp³-hybridized carbons (Fsp3) is 0.765. The average molecular weight is 418 g/mol. The summed E-state index contributed by atoms with van der Waals surface area (Å²) in [5.41, 5.74) is -1.67. The Morgan fingerprint density at radius 1 is 0.897 bits per heavy atom. The maximum Gasteiger partial charge on any atom is 0.407 e. The number of carboxylic acids is 3. The van der Waals surface area contributed by atoms with Crippen LogP contribution in [-0.4, -0.2) is 112 Å². The van der Waals surface area contributed by atoms with Crippen LogP contribution in [0.25, 0.3) is 0 Å². The van der Waals surface area contributed by atoms with E-state index in [1.54, 1.807) is 0 Å². The predicted molar refractivity (Wildman–Crippen MR) is 101 cm³/mol. The Kier molecular flexibility index (Phi) is 9.78. The van der Waals surface area contributed by atoms with E-state index in [-0.39, 0.29) is 26.2 Å². The van der Waals surface area contributed by atoms with E-state index >= 15 is 0 Å². The minimum absolute atomic E-state index is 0.0382. The Bertz CT molecular complexity index is 602. The lowest BCUT2D eigenvalue weighted by Gasteiger charge is -2.40. The highest BCUT2D eigenvalue weighted by Crippen LogP contribution is 2.27. The zero-order valence-corrected chi connectivity index (χ0v) is 16.5.